The van der Waals surface area contributed by atoms with Crippen LogP contribution in [0.5, 0.6) is 0 Å². The number of hydrogen-bond donors (Lipinski definition) is 0. The van der Waals surface area contributed by atoms with E-state index in [9.17, 15) is 9.59 Å². The molecular weight excluding hydrogens is 302 g/mol. The molecule has 2 atom stereocenters. The number of amides is 2. The van der Waals surface area contributed by atoms with Crippen molar-refractivity contribution in [3.8, 4) is 0 Å². The third kappa shape index (κ3) is 3.65. The third-order valence-corrected chi connectivity index (χ3v) is 4.39. The largest absolute Gasteiger partial charge is 0.447 e. The second kappa shape index (κ2) is 7.30. The molecule has 0 N–H and O–H groups in total. The summed E-state index contributed by atoms with van der Waals surface area (Å²) >= 11 is 0. The number of carbonyl (C=O) groups is 2. The maximum Gasteiger partial charge on any atom is 0.416 e. The van der Waals surface area contributed by atoms with Crippen molar-refractivity contribution < 1.29 is 14.3 Å². The first kappa shape index (κ1) is 16.2. The van der Waals surface area contributed by atoms with Crippen molar-refractivity contribution in [1.29, 1.82) is 0 Å². The SMILES string of the molecule is CC(CC(=O)N1C(=O)OCC1Cc1ccccc1)c1ccccc1. The molecule has 0 bridgehead atoms. The van der Waals surface area contributed by atoms with Crippen molar-refractivity contribution in [3.63, 3.8) is 0 Å². The number of nitrogens with zero attached hydrogens (tertiary/aromatic N) is 1. The standard InChI is InChI=1S/C20H21NO3/c1-15(17-10-6-3-7-11-17)12-19(22)21-18(14-24-20(21)23)13-16-8-4-2-5-9-16/h2-11,15,18H,12-14H2,1H3. The number of rotatable bonds is 5. The van der Waals surface area contributed by atoms with Crippen molar-refractivity contribution in [2.75, 3.05) is 6.61 Å². The van der Waals surface area contributed by atoms with Crippen molar-refractivity contribution in [2.45, 2.75) is 31.7 Å². The van der Waals surface area contributed by atoms with Gasteiger partial charge in [-0.1, -0.05) is 67.6 Å². The monoisotopic (exact) mass is 323 g/mol. The van der Waals surface area contributed by atoms with Crippen LogP contribution < -0.4 is 0 Å². The first-order chi connectivity index (χ1) is 11.6. The van der Waals surface area contributed by atoms with Gasteiger partial charge >= 0.3 is 6.09 Å². The zero-order valence-corrected chi connectivity index (χ0v) is 13.7. The van der Waals surface area contributed by atoms with Gasteiger partial charge in [0, 0.05) is 6.42 Å². The van der Waals surface area contributed by atoms with E-state index in [0.717, 1.165) is 11.1 Å². The van der Waals surface area contributed by atoms with Crippen molar-refractivity contribution in [1.82, 2.24) is 4.90 Å². The summed E-state index contributed by atoms with van der Waals surface area (Å²) < 4.78 is 5.12. The molecule has 1 saturated heterocycles. The lowest BCUT2D eigenvalue weighted by molar-refractivity contribution is -0.129. The van der Waals surface area contributed by atoms with E-state index in [1.54, 1.807) is 0 Å². The summed E-state index contributed by atoms with van der Waals surface area (Å²) in [4.78, 5) is 26.0. The Morgan fingerprint density at radius 1 is 1.12 bits per heavy atom. The molecule has 0 radical (unpaired) electrons. The predicted molar refractivity (Wildman–Crippen MR) is 91.6 cm³/mol. The summed E-state index contributed by atoms with van der Waals surface area (Å²) in [7, 11) is 0. The minimum absolute atomic E-state index is 0.0597. The molecule has 1 aliphatic rings. The topological polar surface area (TPSA) is 46.6 Å². The zero-order valence-electron chi connectivity index (χ0n) is 13.7. The molecule has 0 aromatic heterocycles. The molecule has 1 fully saturated rings. The van der Waals surface area contributed by atoms with Gasteiger partial charge in [0.05, 0.1) is 6.04 Å². The molecule has 2 unspecified atom stereocenters. The van der Waals surface area contributed by atoms with Gasteiger partial charge in [0.15, 0.2) is 0 Å². The Balaban J connectivity index is 1.68. The number of hydrogen-bond acceptors (Lipinski definition) is 3. The fourth-order valence-electron chi connectivity index (χ4n) is 3.06. The fraction of sp³-hybridized carbons (Fsp3) is 0.300. The second-order valence-corrected chi connectivity index (χ2v) is 6.20. The molecule has 2 amide bonds. The minimum atomic E-state index is -0.527. The van der Waals surface area contributed by atoms with Gasteiger partial charge in [-0.2, -0.15) is 0 Å². The van der Waals surface area contributed by atoms with Gasteiger partial charge < -0.3 is 4.74 Å². The van der Waals surface area contributed by atoms with E-state index in [1.807, 2.05) is 67.6 Å². The van der Waals surface area contributed by atoms with Crippen LogP contribution in [0.4, 0.5) is 4.79 Å². The van der Waals surface area contributed by atoms with Gasteiger partial charge in [-0.05, 0) is 23.5 Å². The van der Waals surface area contributed by atoms with Crippen LogP contribution in [0.2, 0.25) is 0 Å². The van der Waals surface area contributed by atoms with Gasteiger partial charge in [-0.15, -0.1) is 0 Å². The van der Waals surface area contributed by atoms with Gasteiger partial charge in [0.2, 0.25) is 5.91 Å². The molecule has 4 heteroatoms. The van der Waals surface area contributed by atoms with Gasteiger partial charge in [-0.25, -0.2) is 9.69 Å². The predicted octanol–water partition coefficient (Wildman–Crippen LogP) is 3.77. The first-order valence-electron chi connectivity index (χ1n) is 8.23. The maximum atomic E-state index is 12.7. The van der Waals surface area contributed by atoms with Crippen molar-refractivity contribution in [3.05, 3.63) is 71.8 Å². The number of benzene rings is 2. The van der Waals surface area contributed by atoms with Crippen molar-refractivity contribution in [2.24, 2.45) is 0 Å². The minimum Gasteiger partial charge on any atom is -0.447 e. The smallest absolute Gasteiger partial charge is 0.416 e. The van der Waals surface area contributed by atoms with E-state index in [0.29, 0.717) is 12.8 Å². The second-order valence-electron chi connectivity index (χ2n) is 6.20. The Morgan fingerprint density at radius 2 is 1.75 bits per heavy atom. The summed E-state index contributed by atoms with van der Waals surface area (Å²) in [5, 5.41) is 0. The molecule has 24 heavy (non-hydrogen) atoms. The van der Waals surface area contributed by atoms with Gasteiger partial charge in [0.1, 0.15) is 6.61 Å². The summed E-state index contributed by atoms with van der Waals surface area (Å²) in [6.07, 6.45) is 0.392. The average molecular weight is 323 g/mol. The molecule has 4 nitrogen and oxygen atoms in total. The fourth-order valence-corrected chi connectivity index (χ4v) is 3.06. The Hall–Kier alpha value is -2.62. The molecule has 1 heterocycles. The third-order valence-electron chi connectivity index (χ3n) is 4.39. The lowest BCUT2D eigenvalue weighted by Crippen LogP contribution is -2.40. The Morgan fingerprint density at radius 3 is 2.42 bits per heavy atom. The highest BCUT2D eigenvalue weighted by Gasteiger charge is 2.38. The summed E-state index contributed by atoms with van der Waals surface area (Å²) in [5.41, 5.74) is 2.19. The highest BCUT2D eigenvalue weighted by atomic mass is 16.6. The number of ether oxygens (including phenoxy) is 1. The van der Waals surface area contributed by atoms with E-state index in [2.05, 4.69) is 0 Å². The van der Waals surface area contributed by atoms with E-state index in [4.69, 9.17) is 4.74 Å². The zero-order chi connectivity index (χ0) is 16.9. The van der Waals surface area contributed by atoms with Crippen molar-refractivity contribution >= 4 is 12.0 Å². The molecular formula is C20H21NO3. The van der Waals surface area contributed by atoms with Crippen LogP contribution in [0, 0.1) is 0 Å². The van der Waals surface area contributed by atoms with Gasteiger partial charge in [0.25, 0.3) is 0 Å². The summed E-state index contributed by atoms with van der Waals surface area (Å²) in [5.74, 6) is -0.112. The average Bonchev–Trinajstić information content (AvgIpc) is 2.97. The molecule has 0 spiro atoms. The van der Waals surface area contributed by atoms with E-state index < -0.39 is 6.09 Å². The molecule has 3 rings (SSSR count). The number of carbonyl (C=O) groups excluding carboxylic acids is 2. The number of cyclic esters (lactones) is 1. The molecule has 0 saturated carbocycles. The van der Waals surface area contributed by atoms with Crippen LogP contribution in [-0.4, -0.2) is 29.5 Å². The Kier molecular flexibility index (Phi) is 4.94. The van der Waals surface area contributed by atoms with E-state index in [1.165, 1.54) is 4.90 Å². The van der Waals surface area contributed by atoms with E-state index in [-0.39, 0.29) is 24.5 Å². The molecule has 2 aromatic rings. The van der Waals surface area contributed by atoms with Crippen LogP contribution in [-0.2, 0) is 16.0 Å². The van der Waals surface area contributed by atoms with Crippen LogP contribution >= 0.6 is 0 Å². The summed E-state index contributed by atoms with van der Waals surface area (Å²) in [6, 6.07) is 19.5. The number of imide groups is 1. The molecule has 2 aromatic carbocycles. The van der Waals surface area contributed by atoms with Gasteiger partial charge in [-0.3, -0.25) is 4.79 Å². The summed E-state index contributed by atoms with van der Waals surface area (Å²) in [6.45, 7) is 2.26. The quantitative estimate of drug-likeness (QED) is 0.841. The Bertz CT molecular complexity index is 699. The molecule has 1 aliphatic heterocycles. The van der Waals surface area contributed by atoms with E-state index >= 15 is 0 Å². The normalized spacial score (nSPS) is 18.3. The first-order valence-corrected chi connectivity index (χ1v) is 8.23. The highest BCUT2D eigenvalue weighted by molar-refractivity contribution is 5.93. The lowest BCUT2D eigenvalue weighted by atomic mass is 9.97. The van der Waals surface area contributed by atoms with Crippen LogP contribution in [0.25, 0.3) is 0 Å². The molecule has 0 aliphatic carbocycles. The maximum absolute atomic E-state index is 12.7. The Labute approximate surface area is 142 Å². The highest BCUT2D eigenvalue weighted by Crippen LogP contribution is 2.24. The van der Waals surface area contributed by atoms with Crippen LogP contribution in [0.15, 0.2) is 60.7 Å². The lowest BCUT2D eigenvalue weighted by Gasteiger charge is -2.21. The van der Waals surface area contributed by atoms with Crippen LogP contribution in [0.1, 0.15) is 30.4 Å². The van der Waals surface area contributed by atoms with Crippen LogP contribution in [0.3, 0.4) is 0 Å². The molecule has 124 valence electrons.